The fraction of sp³-hybridized carbons (Fsp3) is 0.311. The summed E-state index contributed by atoms with van der Waals surface area (Å²) < 4.78 is 9.14. The molecule has 0 fully saturated rings. The zero-order valence-corrected chi connectivity index (χ0v) is 43.8. The van der Waals surface area contributed by atoms with E-state index >= 15 is 0 Å². The Labute approximate surface area is 412 Å². The number of nitrogens with zero attached hydrogens (tertiary/aromatic N) is 4. The van der Waals surface area contributed by atoms with Gasteiger partial charge in [-0.05, 0) is 121 Å². The molecule has 0 unspecified atom stereocenters. The van der Waals surface area contributed by atoms with Gasteiger partial charge in [-0.25, -0.2) is 4.98 Å². The van der Waals surface area contributed by atoms with Gasteiger partial charge in [0.1, 0.15) is 5.82 Å². The third-order valence-electron chi connectivity index (χ3n) is 14.4. The molecule has 1 aliphatic carbocycles. The van der Waals surface area contributed by atoms with Crippen molar-refractivity contribution in [2.24, 2.45) is 0 Å². The Kier molecular flexibility index (Phi) is 10.1. The molecular weight excluding hydrogens is 1000 g/mol. The van der Waals surface area contributed by atoms with Crippen molar-refractivity contribution in [3.05, 3.63) is 178 Å². The van der Waals surface area contributed by atoms with Gasteiger partial charge in [0, 0.05) is 61.1 Å². The quantitative estimate of drug-likeness (QED) is 0.165. The van der Waals surface area contributed by atoms with E-state index in [9.17, 15) is 0 Å². The Hall–Kier alpha value is -5.64. The number of pyridine rings is 1. The van der Waals surface area contributed by atoms with Crippen molar-refractivity contribution in [3.63, 3.8) is 0 Å². The van der Waals surface area contributed by atoms with Gasteiger partial charge < -0.3 is 19.1 Å². The maximum Gasteiger partial charge on any atom is 0.135 e. The van der Waals surface area contributed by atoms with Gasteiger partial charge in [0.15, 0.2) is 0 Å². The Morgan fingerprint density at radius 2 is 1.22 bits per heavy atom. The summed E-state index contributed by atoms with van der Waals surface area (Å²) in [6, 6.07) is 46.1. The molecule has 344 valence electrons. The van der Waals surface area contributed by atoms with E-state index in [0.29, 0.717) is 11.5 Å². The molecule has 2 aromatic heterocycles. The molecule has 0 radical (unpaired) electrons. The molecule has 0 bridgehead atoms. The molecule has 2 aliphatic heterocycles. The van der Waals surface area contributed by atoms with Crippen LogP contribution >= 0.6 is 0 Å². The minimum atomic E-state index is -0.666. The zero-order valence-electron chi connectivity index (χ0n) is 41.5. The normalized spacial score (nSPS) is 14.9. The number of aromatic nitrogens is 2. The van der Waals surface area contributed by atoms with Crippen LogP contribution in [0.2, 0.25) is 0 Å². The summed E-state index contributed by atoms with van der Waals surface area (Å²) in [6.07, 6.45) is 1.87. The summed E-state index contributed by atoms with van der Waals surface area (Å²) in [4.78, 5) is 9.45. The van der Waals surface area contributed by atoms with E-state index in [-0.39, 0.29) is 42.7 Å². The molecule has 6 heteroatoms. The van der Waals surface area contributed by atoms with E-state index < -0.39 is 5.41 Å². The number of aryl methyl sites for hydroxylation is 1. The first-order valence-corrected chi connectivity index (χ1v) is 23.6. The Morgan fingerprint density at radius 3 is 1.84 bits per heavy atom. The van der Waals surface area contributed by atoms with Crippen molar-refractivity contribution in [3.8, 4) is 28.4 Å². The molecule has 4 heterocycles. The molecule has 3 aliphatic rings. The van der Waals surface area contributed by atoms with Crippen molar-refractivity contribution < 1.29 is 25.8 Å². The minimum absolute atomic E-state index is 0. The molecule has 0 atom stereocenters. The van der Waals surface area contributed by atoms with Gasteiger partial charge >= 0.3 is 0 Å². The Morgan fingerprint density at radius 1 is 0.612 bits per heavy atom. The zero-order chi connectivity index (χ0) is 46.6. The summed E-state index contributed by atoms with van der Waals surface area (Å²) >= 11 is 0. The van der Waals surface area contributed by atoms with Crippen LogP contribution in [-0.2, 0) is 48.1 Å². The summed E-state index contributed by atoms with van der Waals surface area (Å²) in [6.45, 7) is 32.8. The maximum atomic E-state index is 6.94. The fourth-order valence-corrected chi connectivity index (χ4v) is 11.2. The smallest absolute Gasteiger partial charge is 0.135 e. The summed E-state index contributed by atoms with van der Waals surface area (Å²) in [5.41, 5.74) is 18.8. The predicted molar refractivity (Wildman–Crippen MR) is 274 cm³/mol. The molecule has 0 saturated carbocycles. The summed E-state index contributed by atoms with van der Waals surface area (Å²) in [5, 5.41) is 2.25. The van der Waals surface area contributed by atoms with E-state index in [1.54, 1.807) is 0 Å². The molecule has 6 aromatic carbocycles. The number of ether oxygens (including phenoxy) is 1. The van der Waals surface area contributed by atoms with E-state index in [0.717, 1.165) is 38.9 Å². The van der Waals surface area contributed by atoms with E-state index in [1.165, 1.54) is 67.0 Å². The molecular formula is C61H61N4OPt-3. The van der Waals surface area contributed by atoms with E-state index in [1.807, 2.05) is 18.3 Å². The second-order valence-corrected chi connectivity index (χ2v) is 23.2. The van der Waals surface area contributed by atoms with E-state index in [4.69, 9.17) is 9.72 Å². The monoisotopic (exact) mass is 1060 g/mol. The number of hydrogen-bond donors (Lipinski definition) is 0. The van der Waals surface area contributed by atoms with Gasteiger partial charge in [-0.1, -0.05) is 149 Å². The summed E-state index contributed by atoms with van der Waals surface area (Å²) in [7, 11) is 2.16. The Bertz CT molecular complexity index is 3260. The van der Waals surface area contributed by atoms with Gasteiger partial charge in [-0.15, -0.1) is 35.2 Å². The van der Waals surface area contributed by atoms with Gasteiger partial charge in [-0.2, -0.15) is 18.8 Å². The van der Waals surface area contributed by atoms with Crippen molar-refractivity contribution >= 4 is 38.9 Å². The van der Waals surface area contributed by atoms with Crippen LogP contribution in [0.3, 0.4) is 0 Å². The molecule has 11 rings (SSSR count). The largest absolute Gasteiger partial charge is 0.509 e. The predicted octanol–water partition coefficient (Wildman–Crippen LogP) is 15.5. The molecule has 5 nitrogen and oxygen atoms in total. The summed E-state index contributed by atoms with van der Waals surface area (Å²) in [5.74, 6) is 2.11. The first kappa shape index (κ1) is 45.2. The number of hydrogen-bond acceptors (Lipinski definition) is 4. The first-order valence-electron chi connectivity index (χ1n) is 23.6. The number of benzene rings is 6. The van der Waals surface area contributed by atoms with Gasteiger partial charge in [0.25, 0.3) is 0 Å². The van der Waals surface area contributed by atoms with Crippen molar-refractivity contribution in [1.82, 2.24) is 9.55 Å². The minimum Gasteiger partial charge on any atom is -0.509 e. The molecule has 0 N–H and O–H groups in total. The fourth-order valence-electron chi connectivity index (χ4n) is 11.2. The first-order chi connectivity index (χ1) is 31.1. The molecule has 8 aromatic rings. The van der Waals surface area contributed by atoms with Crippen LogP contribution in [0.25, 0.3) is 38.8 Å². The van der Waals surface area contributed by atoms with Crippen molar-refractivity contribution in [2.75, 3.05) is 16.8 Å². The standard InChI is InChI=1S/C61H61N4O.Pt/c1-36-26-27-62-53(28-36)65-49-20-16-15-18-41(49)42-24-22-39(33-51(42)65)66-40-23-25-45-52(34-40)64-35-63(14)50-21-17-19-46(56(50)64)61(45)54-43(29-37(57(2,3)4)31-47(54)59(8,9)10)44-30-38(58(5,6)7)32-48(55(44)61)60(11,12)13;/h15-32,35H,1-14H3;/q-3;. The van der Waals surface area contributed by atoms with Crippen LogP contribution in [0.15, 0.2) is 109 Å². The molecule has 1 spiro atoms. The molecule has 0 saturated heterocycles. The van der Waals surface area contributed by atoms with Crippen molar-refractivity contribution in [1.29, 1.82) is 0 Å². The van der Waals surface area contributed by atoms with Gasteiger partial charge in [0.05, 0.1) is 0 Å². The second kappa shape index (κ2) is 14.9. The average Bonchev–Trinajstić information content (AvgIpc) is 3.87. The average molecular weight is 1060 g/mol. The SMILES string of the molecule is Cc1ccnc(-n2c3[c-]c(Oc4[c-]c5c(cc4)C4(c6cccc7c6N5[CH-]N7C)c5c(cc(C(C)(C)C)cc5C(C)(C)C)-c5cc(C(C)(C)C)cc(C(C)(C)C)c54)ccc3c3ccccc32)c1.[Pt]. The molecule has 67 heavy (non-hydrogen) atoms. The van der Waals surface area contributed by atoms with Crippen LogP contribution in [0, 0.1) is 25.7 Å². The number of anilines is 3. The van der Waals surface area contributed by atoms with Gasteiger partial charge in [0.2, 0.25) is 0 Å². The number of fused-ring (bicyclic) bond motifs is 12. The Balaban J connectivity index is 0.00000525. The third-order valence-corrected chi connectivity index (χ3v) is 14.4. The van der Waals surface area contributed by atoms with Crippen LogP contribution < -0.4 is 14.5 Å². The van der Waals surface area contributed by atoms with E-state index in [2.05, 4.69) is 221 Å². The molecule has 0 amide bonds. The van der Waals surface area contributed by atoms with Crippen LogP contribution in [0.4, 0.5) is 17.1 Å². The number of para-hydroxylation sites is 2. The number of rotatable bonds is 3. The topological polar surface area (TPSA) is 33.5 Å². The van der Waals surface area contributed by atoms with Crippen LogP contribution in [0.1, 0.15) is 133 Å². The third kappa shape index (κ3) is 6.68. The van der Waals surface area contributed by atoms with Gasteiger partial charge in [-0.3, -0.25) is 0 Å². The van der Waals surface area contributed by atoms with Crippen molar-refractivity contribution in [2.45, 2.75) is 117 Å². The second-order valence-electron chi connectivity index (χ2n) is 23.2. The maximum absolute atomic E-state index is 6.94. The van der Waals surface area contributed by atoms with Crippen LogP contribution in [0.5, 0.6) is 11.5 Å². The van der Waals surface area contributed by atoms with Crippen LogP contribution in [-0.4, -0.2) is 16.6 Å².